The molecule has 0 aliphatic carbocycles. The maximum atomic E-state index is 10.6. The summed E-state index contributed by atoms with van der Waals surface area (Å²) in [4.78, 5) is 16.1. The molecule has 0 amide bonds. The first kappa shape index (κ1) is 12.8. The van der Waals surface area contributed by atoms with Crippen molar-refractivity contribution in [3.8, 4) is 0 Å². The number of halogens is 3. The molecular weight excluding hydrogens is 267 g/mol. The summed E-state index contributed by atoms with van der Waals surface area (Å²) < 4.78 is 33.6. The van der Waals surface area contributed by atoms with E-state index in [1.54, 1.807) is 12.5 Å². The molecule has 0 radical (unpaired) electrons. The minimum Gasteiger partial charge on any atom is -0.475 e. The Morgan fingerprint density at radius 1 is 1.42 bits per heavy atom. The largest absolute Gasteiger partial charge is 0.490 e. The van der Waals surface area contributed by atoms with Crippen molar-refractivity contribution in [3.63, 3.8) is 0 Å². The summed E-state index contributed by atoms with van der Waals surface area (Å²) in [5.74, 6) is -2.76. The smallest absolute Gasteiger partial charge is 0.475 e. The van der Waals surface area contributed by atoms with Crippen molar-refractivity contribution in [1.82, 2.24) is 24.6 Å². The highest BCUT2D eigenvalue weighted by atomic mass is 19.4. The number of aromatic nitrogens is 5. The van der Waals surface area contributed by atoms with Crippen LogP contribution < -0.4 is 0 Å². The molecule has 10 heteroatoms. The number of nitrogens with one attached hydrogen (secondary N) is 1. The van der Waals surface area contributed by atoms with Gasteiger partial charge in [0.15, 0.2) is 11.3 Å². The fourth-order valence-electron chi connectivity index (χ4n) is 1.29. The van der Waals surface area contributed by atoms with Crippen LogP contribution in [0.15, 0.2) is 24.8 Å². The van der Waals surface area contributed by atoms with E-state index < -0.39 is 12.1 Å². The van der Waals surface area contributed by atoms with Crippen molar-refractivity contribution in [2.24, 2.45) is 0 Å². The SMILES string of the molecule is O=C(O)C(F)(F)F.c1cc2c(ncc3nncn32)[nH]1. The number of carboxylic acids is 1. The molecule has 0 spiro atoms. The molecule has 3 aromatic heterocycles. The average Bonchev–Trinajstić information content (AvgIpc) is 2.96. The number of carbonyl (C=O) groups is 1. The van der Waals surface area contributed by atoms with Crippen molar-refractivity contribution in [2.45, 2.75) is 6.18 Å². The van der Waals surface area contributed by atoms with E-state index in [9.17, 15) is 13.2 Å². The van der Waals surface area contributed by atoms with Gasteiger partial charge in [-0.3, -0.25) is 4.40 Å². The molecule has 3 heterocycles. The minimum absolute atomic E-state index is 0.766. The predicted octanol–water partition coefficient (Wildman–Crippen LogP) is 1.24. The number of fused-ring (bicyclic) bond motifs is 3. The van der Waals surface area contributed by atoms with Gasteiger partial charge in [0.25, 0.3) is 0 Å². The monoisotopic (exact) mass is 273 g/mol. The lowest BCUT2D eigenvalue weighted by Crippen LogP contribution is -2.21. The molecule has 0 saturated carbocycles. The summed E-state index contributed by atoms with van der Waals surface area (Å²) in [5.41, 5.74) is 2.61. The van der Waals surface area contributed by atoms with Gasteiger partial charge in [-0.05, 0) is 6.07 Å². The number of carboxylic acid groups (broad SMARTS) is 1. The van der Waals surface area contributed by atoms with Crippen molar-refractivity contribution in [1.29, 1.82) is 0 Å². The van der Waals surface area contributed by atoms with Crippen molar-refractivity contribution in [2.75, 3.05) is 0 Å². The highest BCUT2D eigenvalue weighted by Crippen LogP contribution is 2.13. The molecule has 3 aromatic rings. The second-order valence-corrected chi connectivity index (χ2v) is 3.33. The van der Waals surface area contributed by atoms with Crippen LogP contribution in [0, 0.1) is 0 Å². The zero-order valence-electron chi connectivity index (χ0n) is 9.09. The summed E-state index contributed by atoms with van der Waals surface area (Å²) in [6.07, 6.45) is 0.121. The van der Waals surface area contributed by atoms with Crippen molar-refractivity contribution < 1.29 is 23.1 Å². The first-order chi connectivity index (χ1) is 8.89. The normalized spacial score (nSPS) is 11.3. The van der Waals surface area contributed by atoms with Gasteiger partial charge in [-0.1, -0.05) is 0 Å². The van der Waals surface area contributed by atoms with Crippen LogP contribution in [-0.2, 0) is 4.79 Å². The molecule has 0 fully saturated rings. The van der Waals surface area contributed by atoms with Crippen LogP contribution in [0.5, 0.6) is 0 Å². The number of hydrogen-bond acceptors (Lipinski definition) is 4. The van der Waals surface area contributed by atoms with E-state index >= 15 is 0 Å². The Balaban J connectivity index is 0.000000167. The van der Waals surface area contributed by atoms with Gasteiger partial charge in [0.05, 0.1) is 11.7 Å². The number of aliphatic carboxylic acids is 1. The highest BCUT2D eigenvalue weighted by Gasteiger charge is 2.38. The zero-order valence-corrected chi connectivity index (χ0v) is 9.09. The standard InChI is InChI=1S/C7H5N5.C2HF3O2/c1-2-8-7-5(1)12-4-10-11-6(12)3-9-7;3-2(4,5)1(6)7/h1-4,8H;(H,6,7). The quantitative estimate of drug-likeness (QED) is 0.642. The molecule has 100 valence electrons. The van der Waals surface area contributed by atoms with Crippen LogP contribution in [0.1, 0.15) is 0 Å². The number of nitrogens with zero attached hydrogens (tertiary/aromatic N) is 4. The molecule has 19 heavy (non-hydrogen) atoms. The second kappa shape index (κ2) is 4.55. The van der Waals surface area contributed by atoms with E-state index in [1.165, 1.54) is 0 Å². The van der Waals surface area contributed by atoms with E-state index in [1.807, 2.05) is 16.7 Å². The maximum absolute atomic E-state index is 10.6. The third-order valence-corrected chi connectivity index (χ3v) is 2.09. The summed E-state index contributed by atoms with van der Waals surface area (Å²) >= 11 is 0. The van der Waals surface area contributed by atoms with E-state index in [4.69, 9.17) is 9.90 Å². The van der Waals surface area contributed by atoms with Crippen LogP contribution in [0.4, 0.5) is 13.2 Å². The molecule has 0 unspecified atom stereocenters. The third-order valence-electron chi connectivity index (χ3n) is 2.09. The Labute approximate surface area is 102 Å². The van der Waals surface area contributed by atoms with E-state index in [0.29, 0.717) is 0 Å². The Morgan fingerprint density at radius 3 is 2.74 bits per heavy atom. The molecule has 0 aliphatic rings. The minimum atomic E-state index is -5.08. The number of alkyl halides is 3. The number of H-pyrrole nitrogens is 1. The van der Waals surface area contributed by atoms with E-state index in [-0.39, 0.29) is 0 Å². The average molecular weight is 273 g/mol. The van der Waals surface area contributed by atoms with Crippen LogP contribution in [-0.4, -0.2) is 41.8 Å². The fraction of sp³-hybridized carbons (Fsp3) is 0.111. The van der Waals surface area contributed by atoms with Crippen LogP contribution in [0.2, 0.25) is 0 Å². The number of aromatic amines is 1. The lowest BCUT2D eigenvalue weighted by Gasteiger charge is -1.93. The molecule has 0 saturated heterocycles. The van der Waals surface area contributed by atoms with Gasteiger partial charge < -0.3 is 10.1 Å². The molecule has 7 nitrogen and oxygen atoms in total. The van der Waals surface area contributed by atoms with E-state index in [2.05, 4.69) is 20.2 Å². The summed E-state index contributed by atoms with van der Waals surface area (Å²) in [7, 11) is 0. The van der Waals surface area contributed by atoms with Gasteiger partial charge in [0.1, 0.15) is 6.33 Å². The Bertz CT molecular complexity index is 668. The first-order valence-corrected chi connectivity index (χ1v) is 4.81. The van der Waals surface area contributed by atoms with Gasteiger partial charge in [-0.15, -0.1) is 10.2 Å². The van der Waals surface area contributed by atoms with Crippen LogP contribution in [0.25, 0.3) is 16.8 Å². The zero-order chi connectivity index (χ0) is 14.0. The van der Waals surface area contributed by atoms with Gasteiger partial charge in [-0.2, -0.15) is 13.2 Å². The van der Waals surface area contributed by atoms with Crippen molar-refractivity contribution in [3.05, 3.63) is 24.8 Å². The van der Waals surface area contributed by atoms with Gasteiger partial charge in [-0.25, -0.2) is 9.78 Å². The third kappa shape index (κ3) is 2.61. The van der Waals surface area contributed by atoms with E-state index in [0.717, 1.165) is 16.8 Å². The van der Waals surface area contributed by atoms with Crippen molar-refractivity contribution >= 4 is 22.8 Å². The topological polar surface area (TPSA) is 96.2 Å². The maximum Gasteiger partial charge on any atom is 0.490 e. The Morgan fingerprint density at radius 2 is 2.11 bits per heavy atom. The van der Waals surface area contributed by atoms with Gasteiger partial charge in [0.2, 0.25) is 0 Å². The molecular formula is C9H6F3N5O2. The van der Waals surface area contributed by atoms with Gasteiger partial charge >= 0.3 is 12.1 Å². The molecule has 0 aliphatic heterocycles. The molecule has 3 rings (SSSR count). The molecule has 0 bridgehead atoms. The predicted molar refractivity (Wildman–Crippen MR) is 56.3 cm³/mol. The van der Waals surface area contributed by atoms with Crippen LogP contribution >= 0.6 is 0 Å². The molecule has 2 N–H and O–H groups in total. The van der Waals surface area contributed by atoms with Gasteiger partial charge in [0, 0.05) is 6.20 Å². The van der Waals surface area contributed by atoms with Crippen LogP contribution in [0.3, 0.4) is 0 Å². The highest BCUT2D eigenvalue weighted by molar-refractivity contribution is 5.73. The summed E-state index contributed by atoms with van der Waals surface area (Å²) in [6, 6.07) is 1.94. The molecule has 0 atom stereocenters. The fourth-order valence-corrected chi connectivity index (χ4v) is 1.29. The number of hydrogen-bond donors (Lipinski definition) is 2. The molecule has 0 aromatic carbocycles. The lowest BCUT2D eigenvalue weighted by atomic mass is 10.5. The summed E-state index contributed by atoms with van der Waals surface area (Å²) in [5, 5.41) is 14.8. The Hall–Kier alpha value is -2.65. The number of rotatable bonds is 0. The first-order valence-electron chi connectivity index (χ1n) is 4.81. The second-order valence-electron chi connectivity index (χ2n) is 3.33. The summed E-state index contributed by atoms with van der Waals surface area (Å²) in [6.45, 7) is 0. The Kier molecular flexibility index (Phi) is 3.07. The lowest BCUT2D eigenvalue weighted by molar-refractivity contribution is -0.192.